The lowest BCUT2D eigenvalue weighted by Crippen LogP contribution is -2.29. The highest BCUT2D eigenvalue weighted by atomic mass is 19.1. The second kappa shape index (κ2) is 7.72. The number of anilines is 1. The van der Waals surface area contributed by atoms with Crippen LogP contribution in [0.5, 0.6) is 5.75 Å². The number of ether oxygens (including phenoxy) is 1. The largest absolute Gasteiger partial charge is 0.484 e. The lowest BCUT2D eigenvalue weighted by molar-refractivity contribution is -0.123. The Bertz CT molecular complexity index is 687. The Balaban J connectivity index is 1.47. The van der Waals surface area contributed by atoms with E-state index in [0.717, 1.165) is 31.6 Å². The third kappa shape index (κ3) is 4.41. The first kappa shape index (κ1) is 16.2. The summed E-state index contributed by atoms with van der Waals surface area (Å²) in [4.78, 5) is 22.7. The van der Waals surface area contributed by atoms with Gasteiger partial charge in [-0.2, -0.15) is 0 Å². The van der Waals surface area contributed by atoms with E-state index in [1.54, 1.807) is 12.3 Å². The van der Waals surface area contributed by atoms with Crippen LogP contribution in [0.2, 0.25) is 0 Å². The maximum absolute atomic E-state index is 12.8. The minimum atomic E-state index is -0.343. The third-order valence-electron chi connectivity index (χ3n) is 3.74. The number of benzene rings is 1. The van der Waals surface area contributed by atoms with Crippen molar-refractivity contribution in [2.45, 2.75) is 19.4 Å². The Labute approximate surface area is 139 Å². The number of carbonyl (C=O) groups excluding carboxylic acids is 1. The molecule has 0 aliphatic carbocycles. The summed E-state index contributed by atoms with van der Waals surface area (Å²) in [6.45, 7) is 2.13. The van der Waals surface area contributed by atoms with Gasteiger partial charge in [0.1, 0.15) is 11.6 Å². The fraction of sp³-hybridized carbons (Fsp3) is 0.353. The number of carbonyl (C=O) groups is 1. The summed E-state index contributed by atoms with van der Waals surface area (Å²) in [5.41, 5.74) is 0.752. The van der Waals surface area contributed by atoms with Gasteiger partial charge in [-0.1, -0.05) is 0 Å². The van der Waals surface area contributed by atoms with Crippen LogP contribution in [-0.2, 0) is 11.3 Å². The topological polar surface area (TPSA) is 67.3 Å². The van der Waals surface area contributed by atoms with E-state index in [-0.39, 0.29) is 18.3 Å². The van der Waals surface area contributed by atoms with Crippen LogP contribution in [0.1, 0.15) is 18.5 Å². The van der Waals surface area contributed by atoms with Crippen LogP contribution in [0.15, 0.2) is 36.5 Å². The van der Waals surface area contributed by atoms with Crippen molar-refractivity contribution in [3.05, 3.63) is 48.0 Å². The van der Waals surface area contributed by atoms with Gasteiger partial charge in [-0.15, -0.1) is 0 Å². The minimum Gasteiger partial charge on any atom is -0.484 e. The molecule has 1 saturated heterocycles. The number of nitrogens with one attached hydrogen (secondary N) is 1. The molecule has 1 aliphatic heterocycles. The molecule has 0 radical (unpaired) electrons. The predicted octanol–water partition coefficient (Wildman–Crippen LogP) is 1.91. The predicted molar refractivity (Wildman–Crippen MR) is 87.2 cm³/mol. The molecule has 2 heterocycles. The third-order valence-corrected chi connectivity index (χ3v) is 3.74. The second-order valence-electron chi connectivity index (χ2n) is 5.56. The first-order chi connectivity index (χ1) is 11.7. The number of nitrogens with zero attached hydrogens (tertiary/aromatic N) is 3. The van der Waals surface area contributed by atoms with Gasteiger partial charge in [-0.3, -0.25) is 4.79 Å². The number of amides is 1. The molecule has 1 fully saturated rings. The average molecular weight is 330 g/mol. The lowest BCUT2D eigenvalue weighted by Gasteiger charge is -2.15. The lowest BCUT2D eigenvalue weighted by atomic mass is 10.3. The monoisotopic (exact) mass is 330 g/mol. The molecular formula is C17H19FN4O2. The summed E-state index contributed by atoms with van der Waals surface area (Å²) in [7, 11) is 0. The molecule has 0 unspecified atom stereocenters. The number of hydrogen-bond donors (Lipinski definition) is 1. The molecule has 6 nitrogen and oxygen atoms in total. The van der Waals surface area contributed by atoms with Crippen molar-refractivity contribution < 1.29 is 13.9 Å². The molecule has 0 spiro atoms. The SMILES string of the molecule is O=C(COc1ccc(F)cc1)NCc1ccnc(N2CCCC2)n1. The molecule has 126 valence electrons. The van der Waals surface area contributed by atoms with Crippen LogP contribution >= 0.6 is 0 Å². The molecule has 24 heavy (non-hydrogen) atoms. The van der Waals surface area contributed by atoms with E-state index in [0.29, 0.717) is 18.2 Å². The van der Waals surface area contributed by atoms with Crippen molar-refractivity contribution in [2.75, 3.05) is 24.6 Å². The van der Waals surface area contributed by atoms with Crippen LogP contribution in [0.3, 0.4) is 0 Å². The van der Waals surface area contributed by atoms with Crippen molar-refractivity contribution >= 4 is 11.9 Å². The summed E-state index contributed by atoms with van der Waals surface area (Å²) in [5.74, 6) is 0.553. The van der Waals surface area contributed by atoms with E-state index in [2.05, 4.69) is 20.2 Å². The van der Waals surface area contributed by atoms with Crippen molar-refractivity contribution in [3.8, 4) is 5.75 Å². The Morgan fingerprint density at radius 2 is 1.96 bits per heavy atom. The van der Waals surface area contributed by atoms with Crippen LogP contribution in [0, 0.1) is 5.82 Å². The van der Waals surface area contributed by atoms with E-state index in [1.165, 1.54) is 24.3 Å². The highest BCUT2D eigenvalue weighted by Crippen LogP contribution is 2.15. The van der Waals surface area contributed by atoms with Crippen molar-refractivity contribution in [2.24, 2.45) is 0 Å². The van der Waals surface area contributed by atoms with Crippen molar-refractivity contribution in [1.29, 1.82) is 0 Å². The maximum atomic E-state index is 12.8. The molecule has 0 bridgehead atoms. The highest BCUT2D eigenvalue weighted by Gasteiger charge is 2.15. The summed E-state index contributed by atoms with van der Waals surface area (Å²) >= 11 is 0. The first-order valence-electron chi connectivity index (χ1n) is 7.93. The van der Waals surface area contributed by atoms with Gasteiger partial charge in [0.15, 0.2) is 6.61 Å². The van der Waals surface area contributed by atoms with Crippen LogP contribution in [0.25, 0.3) is 0 Å². The minimum absolute atomic E-state index is 0.129. The molecule has 1 aromatic carbocycles. The number of halogens is 1. The Morgan fingerprint density at radius 1 is 1.21 bits per heavy atom. The van der Waals surface area contributed by atoms with E-state index < -0.39 is 0 Å². The molecule has 7 heteroatoms. The van der Waals surface area contributed by atoms with Gasteiger partial charge in [0, 0.05) is 19.3 Å². The Hall–Kier alpha value is -2.70. The molecule has 1 N–H and O–H groups in total. The summed E-state index contributed by atoms with van der Waals surface area (Å²) in [6.07, 6.45) is 4.02. The normalized spacial score (nSPS) is 13.8. The van der Waals surface area contributed by atoms with Gasteiger partial charge < -0.3 is 15.0 Å². The fourth-order valence-electron chi connectivity index (χ4n) is 2.47. The zero-order chi connectivity index (χ0) is 16.8. The zero-order valence-corrected chi connectivity index (χ0v) is 13.2. The second-order valence-corrected chi connectivity index (χ2v) is 5.56. The van der Waals surface area contributed by atoms with Crippen LogP contribution in [0.4, 0.5) is 10.3 Å². The van der Waals surface area contributed by atoms with E-state index in [9.17, 15) is 9.18 Å². The number of rotatable bonds is 6. The number of aromatic nitrogens is 2. The standard InChI is InChI=1S/C17H19FN4O2/c18-13-3-5-15(6-4-13)24-12-16(23)20-11-14-7-8-19-17(21-14)22-9-1-2-10-22/h3-8H,1-2,9-12H2,(H,20,23). The van der Waals surface area contributed by atoms with E-state index in [1.807, 2.05) is 0 Å². The Morgan fingerprint density at radius 3 is 2.71 bits per heavy atom. The van der Waals surface area contributed by atoms with E-state index >= 15 is 0 Å². The first-order valence-corrected chi connectivity index (χ1v) is 7.93. The van der Waals surface area contributed by atoms with Gasteiger partial charge in [0.2, 0.25) is 5.95 Å². The summed E-state index contributed by atoms with van der Waals surface area (Å²) in [6, 6.07) is 7.31. The molecule has 1 aliphatic rings. The molecule has 2 aromatic rings. The van der Waals surface area contributed by atoms with Gasteiger partial charge >= 0.3 is 0 Å². The molecular weight excluding hydrogens is 311 g/mol. The average Bonchev–Trinajstić information content (AvgIpc) is 3.14. The van der Waals surface area contributed by atoms with Crippen molar-refractivity contribution in [1.82, 2.24) is 15.3 Å². The molecule has 0 saturated carbocycles. The maximum Gasteiger partial charge on any atom is 0.258 e. The summed E-state index contributed by atoms with van der Waals surface area (Å²) < 4.78 is 18.1. The van der Waals surface area contributed by atoms with Gasteiger partial charge in [0.25, 0.3) is 5.91 Å². The van der Waals surface area contributed by atoms with Gasteiger partial charge in [-0.25, -0.2) is 14.4 Å². The van der Waals surface area contributed by atoms with Gasteiger partial charge in [-0.05, 0) is 43.2 Å². The Kier molecular flexibility index (Phi) is 5.20. The van der Waals surface area contributed by atoms with Crippen molar-refractivity contribution in [3.63, 3.8) is 0 Å². The van der Waals surface area contributed by atoms with Crippen LogP contribution < -0.4 is 15.0 Å². The summed E-state index contributed by atoms with van der Waals surface area (Å²) in [5, 5.41) is 2.75. The quantitative estimate of drug-likeness (QED) is 0.876. The molecule has 3 rings (SSSR count). The number of hydrogen-bond acceptors (Lipinski definition) is 5. The van der Waals surface area contributed by atoms with Crippen LogP contribution in [-0.4, -0.2) is 35.6 Å². The highest BCUT2D eigenvalue weighted by molar-refractivity contribution is 5.77. The fourth-order valence-corrected chi connectivity index (χ4v) is 2.47. The molecule has 0 atom stereocenters. The molecule has 1 amide bonds. The van der Waals surface area contributed by atoms with Gasteiger partial charge in [0.05, 0.1) is 12.2 Å². The molecule has 1 aromatic heterocycles. The smallest absolute Gasteiger partial charge is 0.258 e. The van der Waals surface area contributed by atoms with E-state index in [4.69, 9.17) is 4.74 Å². The zero-order valence-electron chi connectivity index (χ0n) is 13.2.